The molecule has 2 aromatic carbocycles. The largest absolute Gasteiger partial charge is 0.357 e. The third-order valence-corrected chi connectivity index (χ3v) is 6.12. The van der Waals surface area contributed by atoms with E-state index in [1.807, 2.05) is 55.1 Å². The zero-order valence-corrected chi connectivity index (χ0v) is 21.7. The Labute approximate surface area is 207 Å². The van der Waals surface area contributed by atoms with E-state index in [-0.39, 0.29) is 24.0 Å². The monoisotopic (exact) mass is 567 g/mol. The molecule has 172 valence electrons. The predicted molar refractivity (Wildman–Crippen MR) is 139 cm³/mol. The van der Waals surface area contributed by atoms with Crippen LogP contribution in [0.2, 0.25) is 0 Å². The first-order valence-electron chi connectivity index (χ1n) is 10.2. The highest BCUT2D eigenvalue weighted by Gasteiger charge is 2.11. The Hall–Kier alpha value is -2.40. The quantitative estimate of drug-likeness (QED) is 0.247. The summed E-state index contributed by atoms with van der Waals surface area (Å²) >= 11 is 0. The van der Waals surface area contributed by atoms with E-state index in [2.05, 4.69) is 32.9 Å². The SMILES string of the molecule is CCNC(=NCc1ccc(S(C)(=O)=O)c(C)c1)NCc1ccccc1Cn1cccn1.I. The summed E-state index contributed by atoms with van der Waals surface area (Å²) in [6.07, 6.45) is 4.96. The molecule has 0 radical (unpaired) electrons. The van der Waals surface area contributed by atoms with E-state index >= 15 is 0 Å². The Balaban J connectivity index is 0.00000363. The predicted octanol–water partition coefficient (Wildman–Crippen LogP) is 3.52. The maximum absolute atomic E-state index is 11.8. The number of nitrogens with one attached hydrogen (secondary N) is 2. The first kappa shape index (κ1) is 25.9. The van der Waals surface area contributed by atoms with Crippen LogP contribution in [0.1, 0.15) is 29.2 Å². The Morgan fingerprint density at radius 2 is 1.84 bits per heavy atom. The Kier molecular flexibility index (Phi) is 9.70. The summed E-state index contributed by atoms with van der Waals surface area (Å²) in [7, 11) is -3.22. The van der Waals surface area contributed by atoms with Crippen molar-refractivity contribution in [3.63, 3.8) is 0 Å². The van der Waals surface area contributed by atoms with Crippen molar-refractivity contribution in [2.45, 2.75) is 38.4 Å². The summed E-state index contributed by atoms with van der Waals surface area (Å²) in [6.45, 7) is 6.37. The van der Waals surface area contributed by atoms with Gasteiger partial charge >= 0.3 is 0 Å². The van der Waals surface area contributed by atoms with Gasteiger partial charge in [0.25, 0.3) is 0 Å². The lowest BCUT2D eigenvalue weighted by atomic mass is 10.1. The van der Waals surface area contributed by atoms with Gasteiger partial charge < -0.3 is 10.6 Å². The van der Waals surface area contributed by atoms with Gasteiger partial charge in [-0.25, -0.2) is 13.4 Å². The van der Waals surface area contributed by atoms with Crippen LogP contribution in [0.15, 0.2) is 70.8 Å². The molecule has 0 saturated heterocycles. The van der Waals surface area contributed by atoms with Gasteiger partial charge in [0.15, 0.2) is 15.8 Å². The van der Waals surface area contributed by atoms with Crippen molar-refractivity contribution < 1.29 is 8.42 Å². The van der Waals surface area contributed by atoms with Crippen molar-refractivity contribution in [1.29, 1.82) is 0 Å². The minimum absolute atomic E-state index is 0. The van der Waals surface area contributed by atoms with Gasteiger partial charge in [0.05, 0.1) is 18.0 Å². The highest BCUT2D eigenvalue weighted by atomic mass is 127. The van der Waals surface area contributed by atoms with E-state index < -0.39 is 9.84 Å². The molecular weight excluding hydrogens is 537 g/mol. The molecule has 0 aliphatic carbocycles. The van der Waals surface area contributed by atoms with Crippen molar-refractivity contribution in [2.75, 3.05) is 12.8 Å². The number of hydrogen-bond acceptors (Lipinski definition) is 4. The van der Waals surface area contributed by atoms with Crippen LogP contribution < -0.4 is 10.6 Å². The van der Waals surface area contributed by atoms with Crippen molar-refractivity contribution >= 4 is 39.8 Å². The average Bonchev–Trinajstić information content (AvgIpc) is 3.23. The van der Waals surface area contributed by atoms with Crippen molar-refractivity contribution in [2.24, 2.45) is 4.99 Å². The zero-order chi connectivity index (χ0) is 22.3. The minimum atomic E-state index is -3.22. The molecule has 0 aliphatic heterocycles. The van der Waals surface area contributed by atoms with Crippen molar-refractivity contribution in [1.82, 2.24) is 20.4 Å². The van der Waals surface area contributed by atoms with Crippen LogP contribution in [0.3, 0.4) is 0 Å². The molecule has 7 nitrogen and oxygen atoms in total. The molecule has 3 aromatic rings. The number of rotatable bonds is 8. The number of aryl methyl sites for hydroxylation is 1. The van der Waals surface area contributed by atoms with E-state index in [4.69, 9.17) is 0 Å². The van der Waals surface area contributed by atoms with E-state index in [0.717, 1.165) is 17.7 Å². The maximum Gasteiger partial charge on any atom is 0.191 e. The number of nitrogens with zero attached hydrogens (tertiary/aromatic N) is 3. The van der Waals surface area contributed by atoms with Gasteiger partial charge in [-0.3, -0.25) is 4.68 Å². The third kappa shape index (κ3) is 7.33. The molecule has 1 aromatic heterocycles. The van der Waals surface area contributed by atoms with Gasteiger partial charge in [0, 0.05) is 31.7 Å². The normalized spacial score (nSPS) is 11.7. The molecule has 0 atom stereocenters. The standard InChI is InChI=1S/C23H29N5O2S.HI/c1-4-24-23(25-15-19-10-11-22(18(2)14-19)31(3,29)30)26-16-20-8-5-6-9-21(20)17-28-13-7-12-27-28;/h5-14H,4,15-17H2,1-3H3,(H2,24,25,26);1H. The molecule has 0 aliphatic rings. The molecular formula is C23H30IN5O2S. The second kappa shape index (κ2) is 12.0. The second-order valence-corrected chi connectivity index (χ2v) is 9.38. The number of aromatic nitrogens is 2. The zero-order valence-electron chi connectivity index (χ0n) is 18.6. The lowest BCUT2D eigenvalue weighted by molar-refractivity contribution is 0.601. The molecule has 1 heterocycles. The molecule has 2 N–H and O–H groups in total. The molecule has 0 unspecified atom stereocenters. The number of halogens is 1. The summed E-state index contributed by atoms with van der Waals surface area (Å²) < 4.78 is 25.5. The molecule has 3 rings (SSSR count). The Bertz CT molecular complexity index is 1140. The minimum Gasteiger partial charge on any atom is -0.357 e. The van der Waals surface area contributed by atoms with Crippen LogP contribution in [0.5, 0.6) is 0 Å². The van der Waals surface area contributed by atoms with Crippen LogP contribution in [0.4, 0.5) is 0 Å². The maximum atomic E-state index is 11.8. The molecule has 0 spiro atoms. The van der Waals surface area contributed by atoms with Crippen molar-refractivity contribution in [3.05, 3.63) is 83.2 Å². The molecule has 0 fully saturated rings. The van der Waals surface area contributed by atoms with E-state index in [0.29, 0.717) is 30.5 Å². The summed E-state index contributed by atoms with van der Waals surface area (Å²) in [5.74, 6) is 0.709. The Morgan fingerprint density at radius 1 is 1.09 bits per heavy atom. The van der Waals surface area contributed by atoms with E-state index in [1.54, 1.807) is 12.3 Å². The van der Waals surface area contributed by atoms with Crippen LogP contribution in [-0.2, 0) is 29.5 Å². The summed E-state index contributed by atoms with van der Waals surface area (Å²) in [5.41, 5.74) is 4.07. The molecule has 9 heteroatoms. The first-order valence-corrected chi connectivity index (χ1v) is 12.1. The van der Waals surface area contributed by atoms with Crippen LogP contribution >= 0.6 is 24.0 Å². The topological polar surface area (TPSA) is 88.4 Å². The smallest absolute Gasteiger partial charge is 0.191 e. The number of sulfone groups is 1. The van der Waals surface area contributed by atoms with E-state index in [1.165, 1.54) is 17.4 Å². The van der Waals surface area contributed by atoms with E-state index in [9.17, 15) is 8.42 Å². The second-order valence-electron chi connectivity index (χ2n) is 7.39. The summed E-state index contributed by atoms with van der Waals surface area (Å²) in [4.78, 5) is 5.02. The average molecular weight is 567 g/mol. The van der Waals surface area contributed by atoms with Crippen molar-refractivity contribution in [3.8, 4) is 0 Å². The fourth-order valence-electron chi connectivity index (χ4n) is 3.37. The number of benzene rings is 2. The van der Waals surface area contributed by atoms with Gasteiger partial charge in [-0.2, -0.15) is 5.10 Å². The van der Waals surface area contributed by atoms with Crippen LogP contribution in [0, 0.1) is 6.92 Å². The number of hydrogen-bond donors (Lipinski definition) is 2. The van der Waals surface area contributed by atoms with Gasteiger partial charge in [-0.05, 0) is 48.2 Å². The molecule has 0 saturated carbocycles. The summed E-state index contributed by atoms with van der Waals surface area (Å²) in [5, 5.41) is 10.9. The number of guanidine groups is 1. The lowest BCUT2D eigenvalue weighted by Gasteiger charge is -2.14. The van der Waals surface area contributed by atoms with Gasteiger partial charge in [0.2, 0.25) is 0 Å². The van der Waals surface area contributed by atoms with Gasteiger partial charge in [0.1, 0.15) is 0 Å². The highest BCUT2D eigenvalue weighted by molar-refractivity contribution is 14.0. The number of aliphatic imine (C=N–C) groups is 1. The molecule has 0 bridgehead atoms. The van der Waals surface area contributed by atoms with Crippen LogP contribution in [-0.4, -0.2) is 37.0 Å². The van der Waals surface area contributed by atoms with Crippen LogP contribution in [0.25, 0.3) is 0 Å². The fraction of sp³-hybridized carbons (Fsp3) is 0.304. The Morgan fingerprint density at radius 3 is 2.47 bits per heavy atom. The van der Waals surface area contributed by atoms with Gasteiger partial charge in [-0.15, -0.1) is 24.0 Å². The summed E-state index contributed by atoms with van der Waals surface area (Å²) in [6, 6.07) is 15.5. The molecule has 32 heavy (non-hydrogen) atoms. The lowest BCUT2D eigenvalue weighted by Crippen LogP contribution is -2.37. The fourth-order valence-corrected chi connectivity index (χ4v) is 4.33. The molecule has 0 amide bonds. The first-order chi connectivity index (χ1) is 14.9. The van der Waals surface area contributed by atoms with Gasteiger partial charge in [-0.1, -0.05) is 36.4 Å². The highest BCUT2D eigenvalue weighted by Crippen LogP contribution is 2.17. The third-order valence-electron chi connectivity index (χ3n) is 4.86.